The predicted molar refractivity (Wildman–Crippen MR) is 68.0 cm³/mol. The lowest BCUT2D eigenvalue weighted by molar-refractivity contribution is 0.657. The number of anilines is 1. The zero-order chi connectivity index (χ0) is 12.5. The summed E-state index contributed by atoms with van der Waals surface area (Å²) >= 11 is 5.96. The quantitative estimate of drug-likeness (QED) is 0.824. The molecule has 94 valence electrons. The van der Waals surface area contributed by atoms with Gasteiger partial charge in [-0.05, 0) is 23.9 Å². The Hall–Kier alpha value is -1.69. The third kappa shape index (κ3) is 2.15. The third-order valence-electron chi connectivity index (χ3n) is 3.03. The van der Waals surface area contributed by atoms with E-state index in [0.717, 1.165) is 19.5 Å². The number of aromatic nitrogens is 5. The van der Waals surface area contributed by atoms with Crippen LogP contribution in [0.15, 0.2) is 18.7 Å². The second-order valence-corrected chi connectivity index (χ2v) is 4.85. The summed E-state index contributed by atoms with van der Waals surface area (Å²) in [6.07, 6.45) is 6.25. The van der Waals surface area contributed by atoms with E-state index in [9.17, 15) is 0 Å². The van der Waals surface area contributed by atoms with Crippen LogP contribution in [-0.4, -0.2) is 37.6 Å². The van der Waals surface area contributed by atoms with E-state index in [1.54, 1.807) is 23.3 Å². The van der Waals surface area contributed by atoms with Gasteiger partial charge in [0.1, 0.15) is 6.33 Å². The first-order valence-corrected chi connectivity index (χ1v) is 6.25. The van der Waals surface area contributed by atoms with Crippen molar-refractivity contribution in [2.24, 2.45) is 5.92 Å². The molecule has 0 N–H and O–H groups in total. The molecule has 0 bridgehead atoms. The second kappa shape index (κ2) is 4.53. The van der Waals surface area contributed by atoms with Crippen molar-refractivity contribution in [3.63, 3.8) is 0 Å². The smallest absolute Gasteiger partial charge is 0.241 e. The molecule has 3 rings (SSSR count). The first-order valence-electron chi connectivity index (χ1n) is 5.87. The normalized spacial score (nSPS) is 19.4. The molecule has 3 heterocycles. The summed E-state index contributed by atoms with van der Waals surface area (Å²) in [5, 5.41) is 0.211. The Morgan fingerprint density at radius 2 is 2.11 bits per heavy atom. The zero-order valence-corrected chi connectivity index (χ0v) is 10.7. The van der Waals surface area contributed by atoms with Gasteiger partial charge in [0, 0.05) is 25.5 Å². The Bertz CT molecular complexity index is 540. The maximum absolute atomic E-state index is 5.96. The number of hydrogen-bond acceptors (Lipinski definition) is 5. The van der Waals surface area contributed by atoms with E-state index in [1.165, 1.54) is 0 Å². The molecule has 1 unspecified atom stereocenters. The van der Waals surface area contributed by atoms with Crippen LogP contribution in [0.25, 0.3) is 5.95 Å². The monoisotopic (exact) mass is 264 g/mol. The van der Waals surface area contributed by atoms with Crippen molar-refractivity contribution < 1.29 is 0 Å². The van der Waals surface area contributed by atoms with E-state index in [1.807, 2.05) is 0 Å². The van der Waals surface area contributed by atoms with E-state index in [2.05, 4.69) is 31.8 Å². The molecule has 2 aromatic rings. The highest BCUT2D eigenvalue weighted by atomic mass is 35.5. The first kappa shape index (κ1) is 11.4. The molecule has 7 heteroatoms. The van der Waals surface area contributed by atoms with Crippen molar-refractivity contribution in [2.45, 2.75) is 13.3 Å². The Morgan fingerprint density at radius 3 is 2.78 bits per heavy atom. The summed E-state index contributed by atoms with van der Waals surface area (Å²) < 4.78 is 1.72. The molecule has 2 aromatic heterocycles. The van der Waals surface area contributed by atoms with E-state index in [4.69, 9.17) is 11.6 Å². The number of hydrogen-bond donors (Lipinski definition) is 0. The molecule has 0 saturated carbocycles. The van der Waals surface area contributed by atoms with Crippen molar-refractivity contribution >= 4 is 17.5 Å². The van der Waals surface area contributed by atoms with E-state index in [-0.39, 0.29) is 5.28 Å². The number of halogens is 1. The summed E-state index contributed by atoms with van der Waals surface area (Å²) in [5.74, 6) is 1.81. The third-order valence-corrected chi connectivity index (χ3v) is 3.20. The summed E-state index contributed by atoms with van der Waals surface area (Å²) in [6, 6.07) is 0. The van der Waals surface area contributed by atoms with Crippen molar-refractivity contribution in [3.8, 4) is 5.95 Å². The van der Waals surface area contributed by atoms with Crippen LogP contribution in [0.2, 0.25) is 5.28 Å². The van der Waals surface area contributed by atoms with Crippen molar-refractivity contribution in [1.29, 1.82) is 0 Å². The Balaban J connectivity index is 1.96. The molecule has 0 radical (unpaired) electrons. The number of nitrogens with zero attached hydrogens (tertiary/aromatic N) is 6. The van der Waals surface area contributed by atoms with Gasteiger partial charge in [-0.3, -0.25) is 4.57 Å². The molecule has 0 aromatic carbocycles. The Kier molecular flexibility index (Phi) is 2.87. The fourth-order valence-corrected chi connectivity index (χ4v) is 2.23. The molecule has 0 aliphatic carbocycles. The van der Waals surface area contributed by atoms with Gasteiger partial charge in [-0.2, -0.15) is 15.0 Å². The largest absolute Gasteiger partial charge is 0.340 e. The molecule has 1 atom stereocenters. The number of rotatable bonds is 2. The maximum Gasteiger partial charge on any atom is 0.241 e. The van der Waals surface area contributed by atoms with Gasteiger partial charge in [-0.25, -0.2) is 4.98 Å². The zero-order valence-electron chi connectivity index (χ0n) is 9.99. The molecule has 0 amide bonds. The van der Waals surface area contributed by atoms with Gasteiger partial charge in [0.05, 0.1) is 0 Å². The predicted octanol–water partition coefficient (Wildman–Crippen LogP) is 1.56. The molecule has 1 saturated heterocycles. The van der Waals surface area contributed by atoms with Gasteiger partial charge in [-0.1, -0.05) is 6.92 Å². The molecule has 0 spiro atoms. The maximum atomic E-state index is 5.96. The highest BCUT2D eigenvalue weighted by Gasteiger charge is 2.22. The van der Waals surface area contributed by atoms with E-state index < -0.39 is 0 Å². The van der Waals surface area contributed by atoms with Crippen LogP contribution < -0.4 is 4.90 Å². The van der Waals surface area contributed by atoms with Crippen LogP contribution >= 0.6 is 11.6 Å². The van der Waals surface area contributed by atoms with Crippen LogP contribution in [0.1, 0.15) is 13.3 Å². The molecule has 18 heavy (non-hydrogen) atoms. The highest BCUT2D eigenvalue weighted by Crippen LogP contribution is 2.21. The highest BCUT2D eigenvalue weighted by molar-refractivity contribution is 6.28. The fourth-order valence-electron chi connectivity index (χ4n) is 2.08. The Labute approximate surface area is 110 Å². The average molecular weight is 265 g/mol. The van der Waals surface area contributed by atoms with Crippen LogP contribution in [0.3, 0.4) is 0 Å². The molecule has 1 aliphatic heterocycles. The van der Waals surface area contributed by atoms with Crippen LogP contribution in [0.4, 0.5) is 5.95 Å². The van der Waals surface area contributed by atoms with E-state index in [0.29, 0.717) is 17.8 Å². The molecule has 1 aliphatic rings. The van der Waals surface area contributed by atoms with Gasteiger partial charge in [0.15, 0.2) is 0 Å². The topological polar surface area (TPSA) is 59.7 Å². The van der Waals surface area contributed by atoms with Crippen molar-refractivity contribution in [3.05, 3.63) is 24.0 Å². The summed E-state index contributed by atoms with van der Waals surface area (Å²) in [7, 11) is 0. The minimum Gasteiger partial charge on any atom is -0.340 e. The van der Waals surface area contributed by atoms with Gasteiger partial charge >= 0.3 is 0 Å². The molecule has 1 fully saturated rings. The van der Waals surface area contributed by atoms with Crippen LogP contribution in [0, 0.1) is 5.92 Å². The average Bonchev–Trinajstić information content (AvgIpc) is 2.98. The minimum atomic E-state index is 0.211. The lowest BCUT2D eigenvalue weighted by atomic mass is 10.2. The summed E-state index contributed by atoms with van der Waals surface area (Å²) in [4.78, 5) is 18.8. The standard InChI is InChI=1S/C11H13ClN6/c1-8-2-4-17(6-8)10-14-9(12)15-11(16-10)18-5-3-13-7-18/h3,5,7-8H,2,4,6H2,1H3. The van der Waals surface area contributed by atoms with Crippen molar-refractivity contribution in [1.82, 2.24) is 24.5 Å². The summed E-state index contributed by atoms with van der Waals surface area (Å²) in [5.41, 5.74) is 0. The lowest BCUT2D eigenvalue weighted by Gasteiger charge is -2.16. The molecular formula is C11H13ClN6. The fraction of sp³-hybridized carbons (Fsp3) is 0.455. The van der Waals surface area contributed by atoms with Gasteiger partial charge < -0.3 is 4.90 Å². The van der Waals surface area contributed by atoms with Gasteiger partial charge in [-0.15, -0.1) is 0 Å². The lowest BCUT2D eigenvalue weighted by Crippen LogP contribution is -2.22. The first-order chi connectivity index (χ1) is 8.72. The van der Waals surface area contributed by atoms with Crippen LogP contribution in [0.5, 0.6) is 0 Å². The van der Waals surface area contributed by atoms with Gasteiger partial charge in [0.25, 0.3) is 0 Å². The second-order valence-electron chi connectivity index (χ2n) is 4.51. The molecule has 6 nitrogen and oxygen atoms in total. The number of imidazole rings is 1. The van der Waals surface area contributed by atoms with Crippen molar-refractivity contribution in [2.75, 3.05) is 18.0 Å². The summed E-state index contributed by atoms with van der Waals surface area (Å²) in [6.45, 7) is 4.15. The molecular weight excluding hydrogens is 252 g/mol. The van der Waals surface area contributed by atoms with E-state index >= 15 is 0 Å². The Morgan fingerprint density at radius 1 is 1.28 bits per heavy atom. The SMILES string of the molecule is CC1CCN(c2nc(Cl)nc(-n3ccnc3)n2)C1. The van der Waals surface area contributed by atoms with Gasteiger partial charge in [0.2, 0.25) is 17.2 Å². The minimum absolute atomic E-state index is 0.211. The van der Waals surface area contributed by atoms with Crippen LogP contribution in [-0.2, 0) is 0 Å².